The van der Waals surface area contributed by atoms with Crippen LogP contribution in [0, 0.1) is 0 Å². The number of nitrogens with zero attached hydrogens (tertiary/aromatic N) is 3. The largest absolute Gasteiger partial charge is 0.377 e. The van der Waals surface area contributed by atoms with Crippen LogP contribution in [-0.2, 0) is 4.74 Å². The van der Waals surface area contributed by atoms with Gasteiger partial charge in [-0.05, 0) is 19.8 Å². The van der Waals surface area contributed by atoms with E-state index in [1.807, 2.05) is 11.6 Å². The Hall–Kier alpha value is -1.86. The predicted molar refractivity (Wildman–Crippen MR) is 96.1 cm³/mol. The highest BCUT2D eigenvalue weighted by atomic mass is 32.1. The molecule has 0 radical (unpaired) electrons. The highest BCUT2D eigenvalue weighted by Crippen LogP contribution is 2.36. The van der Waals surface area contributed by atoms with E-state index in [4.69, 9.17) is 4.74 Å². The highest BCUT2D eigenvalue weighted by molar-refractivity contribution is 7.09. The first-order valence-electron chi connectivity index (χ1n) is 8.47. The molecule has 2 aromatic heterocycles. The van der Waals surface area contributed by atoms with E-state index < -0.39 is 0 Å². The molecular weight excluding hydrogens is 324 g/mol. The smallest absolute Gasteiger partial charge is 0.251 e. The van der Waals surface area contributed by atoms with Crippen LogP contribution in [0.5, 0.6) is 0 Å². The quantitative estimate of drug-likeness (QED) is 0.925. The lowest BCUT2D eigenvalue weighted by Crippen LogP contribution is -2.44. The zero-order valence-electron chi connectivity index (χ0n) is 13.8. The number of anilines is 2. The molecular formula is C17H22N4O2S. The van der Waals surface area contributed by atoms with Crippen molar-refractivity contribution in [3.63, 3.8) is 0 Å². The van der Waals surface area contributed by atoms with Gasteiger partial charge in [0.1, 0.15) is 10.8 Å². The van der Waals surface area contributed by atoms with Crippen molar-refractivity contribution in [1.82, 2.24) is 9.97 Å². The van der Waals surface area contributed by atoms with Crippen molar-refractivity contribution in [1.29, 1.82) is 0 Å². The Kier molecular flexibility index (Phi) is 4.28. The molecule has 1 N–H and O–H groups in total. The van der Waals surface area contributed by atoms with Crippen molar-refractivity contribution in [2.75, 3.05) is 36.1 Å². The maximum atomic E-state index is 12.3. The maximum Gasteiger partial charge on any atom is 0.251 e. The second-order valence-corrected chi connectivity index (χ2v) is 7.35. The molecule has 128 valence electrons. The maximum absolute atomic E-state index is 12.3. The molecule has 2 aromatic rings. The van der Waals surface area contributed by atoms with Crippen LogP contribution in [-0.4, -0.2) is 42.3 Å². The fourth-order valence-corrected chi connectivity index (χ4v) is 4.44. The molecule has 0 aliphatic carbocycles. The van der Waals surface area contributed by atoms with E-state index in [-0.39, 0.29) is 17.6 Å². The molecule has 4 heterocycles. The van der Waals surface area contributed by atoms with Gasteiger partial charge in [0.15, 0.2) is 0 Å². The molecule has 2 atom stereocenters. The van der Waals surface area contributed by atoms with Crippen molar-refractivity contribution in [2.24, 2.45) is 0 Å². The third-order valence-electron chi connectivity index (χ3n) is 4.81. The van der Waals surface area contributed by atoms with E-state index in [0.717, 1.165) is 42.4 Å². The summed E-state index contributed by atoms with van der Waals surface area (Å²) in [5.41, 5.74) is 0.931. The Morgan fingerprint density at radius 3 is 3.04 bits per heavy atom. The van der Waals surface area contributed by atoms with Gasteiger partial charge in [0.2, 0.25) is 0 Å². The van der Waals surface area contributed by atoms with Crippen LogP contribution in [0.2, 0.25) is 0 Å². The van der Waals surface area contributed by atoms with Crippen LogP contribution in [0.15, 0.2) is 28.5 Å². The number of ether oxygens (including phenoxy) is 1. The summed E-state index contributed by atoms with van der Waals surface area (Å²) in [4.78, 5) is 24.3. The Morgan fingerprint density at radius 2 is 2.25 bits per heavy atom. The number of hydrogen-bond donors (Lipinski definition) is 1. The van der Waals surface area contributed by atoms with Crippen LogP contribution >= 0.6 is 11.3 Å². The van der Waals surface area contributed by atoms with E-state index >= 15 is 0 Å². The number of thiazole rings is 1. The molecule has 4 rings (SSSR count). The van der Waals surface area contributed by atoms with Crippen LogP contribution in [0.1, 0.15) is 30.8 Å². The van der Waals surface area contributed by atoms with Crippen LogP contribution in [0.3, 0.4) is 0 Å². The van der Waals surface area contributed by atoms with Gasteiger partial charge in [0.05, 0.1) is 19.3 Å². The molecule has 0 amide bonds. The van der Waals surface area contributed by atoms with Gasteiger partial charge < -0.3 is 19.5 Å². The zero-order chi connectivity index (χ0) is 16.5. The second-order valence-electron chi connectivity index (χ2n) is 6.43. The van der Waals surface area contributed by atoms with E-state index in [2.05, 4.69) is 32.8 Å². The lowest BCUT2D eigenvalue weighted by atomic mass is 10.2. The zero-order valence-corrected chi connectivity index (χ0v) is 14.6. The molecule has 6 nitrogen and oxygen atoms in total. The molecule has 0 saturated carbocycles. The number of rotatable bonds is 3. The van der Waals surface area contributed by atoms with E-state index in [0.29, 0.717) is 13.2 Å². The van der Waals surface area contributed by atoms with Crippen molar-refractivity contribution in [2.45, 2.75) is 31.8 Å². The fraction of sp³-hybridized carbons (Fsp3) is 0.529. The summed E-state index contributed by atoms with van der Waals surface area (Å²) >= 11 is 1.68. The van der Waals surface area contributed by atoms with E-state index in [1.54, 1.807) is 17.4 Å². The lowest BCUT2D eigenvalue weighted by Gasteiger charge is -2.35. The summed E-state index contributed by atoms with van der Waals surface area (Å²) in [6, 6.07) is 4.34. The molecule has 7 heteroatoms. The molecule has 0 aromatic carbocycles. The van der Waals surface area contributed by atoms with Gasteiger partial charge >= 0.3 is 0 Å². The molecule has 2 saturated heterocycles. The summed E-state index contributed by atoms with van der Waals surface area (Å²) < 4.78 is 5.51. The molecule has 2 aliphatic heterocycles. The van der Waals surface area contributed by atoms with Gasteiger partial charge in [-0.25, -0.2) is 4.98 Å². The van der Waals surface area contributed by atoms with Crippen molar-refractivity contribution in [3.05, 3.63) is 39.1 Å². The number of H-pyrrole nitrogens is 1. The molecule has 2 aliphatic rings. The average Bonchev–Trinajstić information content (AvgIpc) is 3.26. The van der Waals surface area contributed by atoms with Crippen LogP contribution in [0.4, 0.5) is 11.5 Å². The monoisotopic (exact) mass is 346 g/mol. The summed E-state index contributed by atoms with van der Waals surface area (Å²) in [5, 5.41) is 3.14. The number of aromatic amines is 1. The van der Waals surface area contributed by atoms with E-state index in [9.17, 15) is 4.79 Å². The minimum atomic E-state index is -0.0500. The number of morpholine rings is 1. The Bertz CT molecular complexity index is 745. The van der Waals surface area contributed by atoms with Gasteiger partial charge in [-0.15, -0.1) is 11.3 Å². The third-order valence-corrected chi connectivity index (χ3v) is 5.69. The Morgan fingerprint density at radius 1 is 1.33 bits per heavy atom. The van der Waals surface area contributed by atoms with Crippen molar-refractivity contribution < 1.29 is 4.74 Å². The van der Waals surface area contributed by atoms with Gasteiger partial charge in [0, 0.05) is 48.5 Å². The number of pyridine rings is 1. The molecule has 1 unspecified atom stereocenters. The first-order valence-corrected chi connectivity index (χ1v) is 9.35. The molecule has 2 fully saturated rings. The number of hydrogen-bond acceptors (Lipinski definition) is 6. The summed E-state index contributed by atoms with van der Waals surface area (Å²) in [6.45, 7) is 5.31. The second kappa shape index (κ2) is 6.57. The SMILES string of the molecule is C[C@@H]1COCCN1c1cc(N2CCCC2c2nccs2)[nH]c(=O)c1. The number of aromatic nitrogens is 2. The lowest BCUT2D eigenvalue weighted by molar-refractivity contribution is 0.0989. The first kappa shape index (κ1) is 15.7. The summed E-state index contributed by atoms with van der Waals surface area (Å²) in [7, 11) is 0. The van der Waals surface area contributed by atoms with Crippen molar-refractivity contribution >= 4 is 22.8 Å². The topological polar surface area (TPSA) is 61.5 Å². The van der Waals surface area contributed by atoms with Crippen LogP contribution in [0.25, 0.3) is 0 Å². The minimum absolute atomic E-state index is 0.0500. The Labute approximate surface area is 145 Å². The highest BCUT2D eigenvalue weighted by Gasteiger charge is 2.29. The van der Waals surface area contributed by atoms with Crippen LogP contribution < -0.4 is 15.4 Å². The Balaban J connectivity index is 1.67. The van der Waals surface area contributed by atoms with Gasteiger partial charge in [-0.2, -0.15) is 0 Å². The molecule has 0 bridgehead atoms. The van der Waals surface area contributed by atoms with Gasteiger partial charge in [-0.1, -0.05) is 0 Å². The fourth-order valence-electron chi connectivity index (χ4n) is 3.66. The third kappa shape index (κ3) is 2.93. The average molecular weight is 346 g/mol. The summed E-state index contributed by atoms with van der Waals surface area (Å²) in [5.74, 6) is 0.897. The predicted octanol–water partition coefficient (Wildman–Crippen LogP) is 2.40. The van der Waals surface area contributed by atoms with Crippen molar-refractivity contribution in [3.8, 4) is 0 Å². The first-order chi connectivity index (χ1) is 11.7. The number of nitrogens with one attached hydrogen (secondary N) is 1. The molecule has 24 heavy (non-hydrogen) atoms. The summed E-state index contributed by atoms with van der Waals surface area (Å²) in [6.07, 6.45) is 4.04. The van der Waals surface area contributed by atoms with E-state index in [1.165, 1.54) is 0 Å². The standard InChI is InChI=1S/C17H22N4O2S/c1-12-11-23-7-6-20(12)13-9-15(19-16(22)10-13)21-5-2-3-14(21)17-18-4-8-24-17/h4,8-10,12,14H,2-3,5-7,11H2,1H3,(H,19,22)/t12-,14?/m1/s1. The van der Waals surface area contributed by atoms with Gasteiger partial charge in [-0.3, -0.25) is 4.79 Å². The normalized spacial score (nSPS) is 24.5. The molecule has 0 spiro atoms. The minimum Gasteiger partial charge on any atom is -0.377 e. The van der Waals surface area contributed by atoms with Gasteiger partial charge in [0.25, 0.3) is 5.56 Å².